The van der Waals surface area contributed by atoms with Crippen LogP contribution in [0.1, 0.15) is 33.6 Å². The van der Waals surface area contributed by atoms with Crippen molar-refractivity contribution >= 4 is 0 Å². The standard InChI is InChI=1S/C10H16O/c1-9(2)6-4-7(9)10(3)8(5-6)11-10/h6-8H,4-5H2,1-3H3/t6-,7+,8-,10-/m0/s1. The Bertz CT molecular complexity index is 216. The molecule has 3 saturated carbocycles. The first-order valence-corrected chi connectivity index (χ1v) is 4.73. The smallest absolute Gasteiger partial charge is 0.0953 e. The highest BCUT2D eigenvalue weighted by Gasteiger charge is 2.72. The van der Waals surface area contributed by atoms with E-state index in [1.165, 1.54) is 12.8 Å². The molecule has 0 spiro atoms. The lowest BCUT2D eigenvalue weighted by molar-refractivity contribution is -0.0789. The molecule has 3 aliphatic carbocycles. The average Bonchev–Trinajstić information content (AvgIpc) is 2.58. The van der Waals surface area contributed by atoms with Gasteiger partial charge < -0.3 is 4.74 Å². The van der Waals surface area contributed by atoms with Gasteiger partial charge in [0.15, 0.2) is 0 Å². The van der Waals surface area contributed by atoms with Crippen LogP contribution < -0.4 is 0 Å². The Morgan fingerprint density at radius 3 is 2.36 bits per heavy atom. The molecular formula is C10H16O. The van der Waals surface area contributed by atoms with Crippen LogP contribution in [-0.4, -0.2) is 11.7 Å². The van der Waals surface area contributed by atoms with Crippen molar-refractivity contribution in [2.75, 3.05) is 0 Å². The molecule has 1 nitrogen and oxygen atoms in total. The Balaban J connectivity index is 1.98. The minimum atomic E-state index is 0.304. The van der Waals surface area contributed by atoms with E-state index in [0.717, 1.165) is 11.8 Å². The largest absolute Gasteiger partial charge is 0.366 e. The second-order valence-corrected chi connectivity index (χ2v) is 5.33. The van der Waals surface area contributed by atoms with E-state index in [4.69, 9.17) is 4.74 Å². The molecule has 0 aromatic carbocycles. The maximum Gasteiger partial charge on any atom is 0.0953 e. The summed E-state index contributed by atoms with van der Waals surface area (Å²) in [5.74, 6) is 1.83. The number of epoxide rings is 1. The second kappa shape index (κ2) is 1.39. The number of rotatable bonds is 0. The molecule has 11 heavy (non-hydrogen) atoms. The Kier molecular flexibility index (Phi) is 0.820. The van der Waals surface area contributed by atoms with Crippen molar-refractivity contribution in [2.45, 2.75) is 45.3 Å². The van der Waals surface area contributed by atoms with E-state index in [0.29, 0.717) is 17.1 Å². The lowest BCUT2D eigenvalue weighted by Gasteiger charge is -2.57. The van der Waals surface area contributed by atoms with E-state index in [9.17, 15) is 0 Å². The number of ether oxygens (including phenoxy) is 1. The summed E-state index contributed by atoms with van der Waals surface area (Å²) >= 11 is 0. The van der Waals surface area contributed by atoms with Crippen LogP contribution >= 0.6 is 0 Å². The van der Waals surface area contributed by atoms with E-state index in [1.54, 1.807) is 0 Å². The zero-order valence-corrected chi connectivity index (χ0v) is 7.55. The maximum absolute atomic E-state index is 5.75. The van der Waals surface area contributed by atoms with Crippen LogP contribution in [0.4, 0.5) is 0 Å². The summed E-state index contributed by atoms with van der Waals surface area (Å²) in [6.45, 7) is 7.13. The molecular weight excluding hydrogens is 136 g/mol. The molecule has 4 fully saturated rings. The van der Waals surface area contributed by atoms with Crippen LogP contribution in [0.5, 0.6) is 0 Å². The van der Waals surface area contributed by atoms with E-state index < -0.39 is 0 Å². The van der Waals surface area contributed by atoms with E-state index in [1.807, 2.05) is 0 Å². The molecule has 0 aromatic heterocycles. The summed E-state index contributed by atoms with van der Waals surface area (Å²) in [6, 6.07) is 0. The van der Waals surface area contributed by atoms with E-state index >= 15 is 0 Å². The van der Waals surface area contributed by atoms with Gasteiger partial charge in [0.05, 0.1) is 11.7 Å². The SMILES string of the molecule is CC1(C)[C@@H]2C[C@@H]3O[C@@]3(C)[C@@H]1C2. The van der Waals surface area contributed by atoms with Crippen LogP contribution in [0.15, 0.2) is 0 Å². The number of hydrogen-bond donors (Lipinski definition) is 0. The molecule has 0 unspecified atom stereocenters. The second-order valence-electron chi connectivity index (χ2n) is 5.33. The van der Waals surface area contributed by atoms with Gasteiger partial charge in [0.1, 0.15) is 0 Å². The summed E-state index contributed by atoms with van der Waals surface area (Å²) in [4.78, 5) is 0. The minimum Gasteiger partial charge on any atom is -0.366 e. The van der Waals surface area contributed by atoms with Gasteiger partial charge in [0.2, 0.25) is 0 Å². The van der Waals surface area contributed by atoms with Gasteiger partial charge in [-0.1, -0.05) is 13.8 Å². The van der Waals surface area contributed by atoms with Crippen LogP contribution in [0, 0.1) is 17.3 Å². The molecule has 4 aliphatic rings. The third kappa shape index (κ3) is 0.516. The van der Waals surface area contributed by atoms with Gasteiger partial charge in [-0.2, -0.15) is 0 Å². The van der Waals surface area contributed by atoms with Gasteiger partial charge in [-0.05, 0) is 37.0 Å². The summed E-state index contributed by atoms with van der Waals surface area (Å²) in [7, 11) is 0. The van der Waals surface area contributed by atoms with Crippen molar-refractivity contribution in [1.82, 2.24) is 0 Å². The molecule has 62 valence electrons. The fourth-order valence-corrected chi connectivity index (χ4v) is 3.51. The Morgan fingerprint density at radius 2 is 1.91 bits per heavy atom. The van der Waals surface area contributed by atoms with Crippen molar-refractivity contribution < 1.29 is 4.74 Å². The normalized spacial score (nSPS) is 63.0. The fraction of sp³-hybridized carbons (Fsp3) is 1.00. The van der Waals surface area contributed by atoms with Crippen LogP contribution in [-0.2, 0) is 4.74 Å². The molecule has 0 radical (unpaired) electrons. The lowest BCUT2D eigenvalue weighted by atomic mass is 9.46. The third-order valence-corrected chi connectivity index (χ3v) is 4.64. The minimum absolute atomic E-state index is 0.304. The molecule has 0 aromatic rings. The van der Waals surface area contributed by atoms with Gasteiger partial charge in [0.25, 0.3) is 0 Å². The highest BCUT2D eigenvalue weighted by Crippen LogP contribution is 2.70. The van der Waals surface area contributed by atoms with Gasteiger partial charge in [-0.25, -0.2) is 0 Å². The number of hydrogen-bond acceptors (Lipinski definition) is 1. The zero-order chi connectivity index (χ0) is 7.85. The molecule has 4 atom stereocenters. The summed E-state index contributed by atoms with van der Waals surface area (Å²) in [5.41, 5.74) is 0.889. The Morgan fingerprint density at radius 1 is 1.18 bits per heavy atom. The molecule has 2 bridgehead atoms. The first kappa shape index (κ1) is 6.47. The molecule has 1 heteroatoms. The highest BCUT2D eigenvalue weighted by atomic mass is 16.6. The monoisotopic (exact) mass is 152 g/mol. The predicted molar refractivity (Wildman–Crippen MR) is 43.3 cm³/mol. The van der Waals surface area contributed by atoms with E-state index in [2.05, 4.69) is 20.8 Å². The van der Waals surface area contributed by atoms with Crippen LogP contribution in [0.25, 0.3) is 0 Å². The summed E-state index contributed by atoms with van der Waals surface area (Å²) in [6.07, 6.45) is 3.40. The fourth-order valence-electron chi connectivity index (χ4n) is 3.51. The zero-order valence-electron chi connectivity index (χ0n) is 7.55. The highest BCUT2D eigenvalue weighted by molar-refractivity contribution is 5.20. The summed E-state index contributed by atoms with van der Waals surface area (Å²) < 4.78 is 5.75. The van der Waals surface area contributed by atoms with Crippen molar-refractivity contribution in [2.24, 2.45) is 17.3 Å². The van der Waals surface area contributed by atoms with Crippen molar-refractivity contribution in [3.05, 3.63) is 0 Å². The topological polar surface area (TPSA) is 12.5 Å². The van der Waals surface area contributed by atoms with Crippen LogP contribution in [0.2, 0.25) is 0 Å². The Hall–Kier alpha value is -0.0400. The average molecular weight is 152 g/mol. The first-order valence-electron chi connectivity index (χ1n) is 4.73. The molecule has 0 N–H and O–H groups in total. The van der Waals surface area contributed by atoms with Gasteiger partial charge >= 0.3 is 0 Å². The third-order valence-electron chi connectivity index (χ3n) is 4.64. The molecule has 1 aliphatic heterocycles. The van der Waals surface area contributed by atoms with Crippen molar-refractivity contribution in [1.29, 1.82) is 0 Å². The van der Waals surface area contributed by atoms with Gasteiger partial charge in [-0.3, -0.25) is 0 Å². The molecule has 1 saturated heterocycles. The first-order chi connectivity index (χ1) is 5.05. The predicted octanol–water partition coefficient (Wildman–Crippen LogP) is 2.21. The molecule has 1 heterocycles. The van der Waals surface area contributed by atoms with Crippen molar-refractivity contribution in [3.63, 3.8) is 0 Å². The van der Waals surface area contributed by atoms with Crippen molar-refractivity contribution in [3.8, 4) is 0 Å². The molecule has 4 rings (SSSR count). The van der Waals surface area contributed by atoms with Gasteiger partial charge in [0, 0.05) is 0 Å². The summed E-state index contributed by atoms with van der Waals surface area (Å²) in [5, 5.41) is 0. The van der Waals surface area contributed by atoms with Crippen LogP contribution in [0.3, 0.4) is 0 Å². The van der Waals surface area contributed by atoms with E-state index in [-0.39, 0.29) is 0 Å². The maximum atomic E-state index is 5.75. The lowest BCUT2D eigenvalue weighted by Crippen LogP contribution is -2.56. The quantitative estimate of drug-likeness (QED) is 0.485. The molecule has 0 amide bonds. The van der Waals surface area contributed by atoms with Gasteiger partial charge in [-0.15, -0.1) is 0 Å². The Labute approximate surface area is 68.1 Å².